The highest BCUT2D eigenvalue weighted by molar-refractivity contribution is 5.80. The minimum absolute atomic E-state index is 0.0375. The first-order valence-electron chi connectivity index (χ1n) is 11.8. The SMILES string of the molecule is Cc1ccc(-c2noc(CCC(=O)N3CCC(C(=O)NCCc4ccccc4F)CC3)n2)cc1F. The molecule has 1 fully saturated rings. The molecule has 7 nitrogen and oxygen atoms in total. The second-order valence-electron chi connectivity index (χ2n) is 8.76. The van der Waals surface area contributed by atoms with Crippen LogP contribution in [0.25, 0.3) is 11.4 Å². The minimum Gasteiger partial charge on any atom is -0.356 e. The van der Waals surface area contributed by atoms with E-state index in [-0.39, 0.29) is 48.0 Å². The summed E-state index contributed by atoms with van der Waals surface area (Å²) in [5.74, 6) is -0.260. The van der Waals surface area contributed by atoms with E-state index in [1.54, 1.807) is 42.2 Å². The lowest BCUT2D eigenvalue weighted by molar-refractivity contribution is -0.135. The third-order valence-electron chi connectivity index (χ3n) is 6.32. The Labute approximate surface area is 202 Å². The molecule has 0 radical (unpaired) electrons. The Bertz CT molecular complexity index is 1190. The number of carbonyl (C=O) groups excluding carboxylic acids is 2. The fraction of sp³-hybridized carbons (Fsp3) is 0.385. The first kappa shape index (κ1) is 24.5. The maximum absolute atomic E-state index is 13.8. The largest absolute Gasteiger partial charge is 0.356 e. The molecule has 1 N–H and O–H groups in total. The Kier molecular flexibility index (Phi) is 7.84. The van der Waals surface area contributed by atoms with Crippen molar-refractivity contribution in [3.05, 3.63) is 71.1 Å². The van der Waals surface area contributed by atoms with Crippen molar-refractivity contribution >= 4 is 11.8 Å². The first-order chi connectivity index (χ1) is 16.9. The van der Waals surface area contributed by atoms with Gasteiger partial charge in [-0.2, -0.15) is 4.98 Å². The molecule has 2 amide bonds. The number of likely N-dealkylation sites (tertiary alicyclic amines) is 1. The van der Waals surface area contributed by atoms with Crippen molar-refractivity contribution in [2.45, 2.75) is 39.0 Å². The maximum atomic E-state index is 13.8. The van der Waals surface area contributed by atoms with Gasteiger partial charge in [0.25, 0.3) is 0 Å². The second kappa shape index (κ2) is 11.2. The molecule has 2 aromatic carbocycles. The predicted octanol–water partition coefficient (Wildman–Crippen LogP) is 3.85. The van der Waals surface area contributed by atoms with E-state index >= 15 is 0 Å². The molecule has 2 heterocycles. The Morgan fingerprint density at radius 3 is 2.60 bits per heavy atom. The van der Waals surface area contributed by atoms with Gasteiger partial charge in [-0.3, -0.25) is 9.59 Å². The van der Waals surface area contributed by atoms with Crippen molar-refractivity contribution in [3.8, 4) is 11.4 Å². The number of aromatic nitrogens is 2. The van der Waals surface area contributed by atoms with Crippen molar-refractivity contribution in [3.63, 3.8) is 0 Å². The molecule has 0 atom stereocenters. The number of aryl methyl sites for hydroxylation is 2. The Hall–Kier alpha value is -3.62. The van der Waals surface area contributed by atoms with Crippen molar-refractivity contribution in [2.75, 3.05) is 19.6 Å². The average molecular weight is 483 g/mol. The number of nitrogens with zero attached hydrogens (tertiary/aromatic N) is 3. The number of rotatable bonds is 8. The predicted molar refractivity (Wildman–Crippen MR) is 125 cm³/mol. The van der Waals surface area contributed by atoms with Gasteiger partial charge in [-0.1, -0.05) is 35.5 Å². The first-order valence-corrected chi connectivity index (χ1v) is 11.8. The molecule has 0 aliphatic carbocycles. The quantitative estimate of drug-likeness (QED) is 0.527. The third-order valence-corrected chi connectivity index (χ3v) is 6.32. The van der Waals surface area contributed by atoms with Crippen LogP contribution < -0.4 is 5.32 Å². The zero-order chi connectivity index (χ0) is 24.8. The van der Waals surface area contributed by atoms with Gasteiger partial charge in [0.05, 0.1) is 0 Å². The monoisotopic (exact) mass is 482 g/mol. The van der Waals surface area contributed by atoms with Crippen LogP contribution in [0, 0.1) is 24.5 Å². The number of piperidine rings is 1. The maximum Gasteiger partial charge on any atom is 0.227 e. The number of hydrogen-bond donors (Lipinski definition) is 1. The summed E-state index contributed by atoms with van der Waals surface area (Å²) in [5, 5.41) is 6.76. The molecule has 1 aliphatic rings. The third kappa shape index (κ3) is 6.29. The summed E-state index contributed by atoms with van der Waals surface area (Å²) in [6.07, 6.45) is 2.11. The van der Waals surface area contributed by atoms with E-state index in [1.807, 2.05) is 0 Å². The van der Waals surface area contributed by atoms with E-state index in [2.05, 4.69) is 15.5 Å². The summed E-state index contributed by atoms with van der Waals surface area (Å²) in [5.41, 5.74) is 1.63. The van der Waals surface area contributed by atoms with E-state index in [0.29, 0.717) is 61.5 Å². The number of halogens is 2. The molecule has 1 aliphatic heterocycles. The van der Waals surface area contributed by atoms with Gasteiger partial charge in [-0.15, -0.1) is 0 Å². The van der Waals surface area contributed by atoms with E-state index in [0.717, 1.165) is 0 Å². The molecule has 35 heavy (non-hydrogen) atoms. The van der Waals surface area contributed by atoms with Gasteiger partial charge in [0, 0.05) is 44.0 Å². The lowest BCUT2D eigenvalue weighted by Gasteiger charge is -2.31. The molecule has 0 spiro atoms. The molecular formula is C26H28F2N4O3. The van der Waals surface area contributed by atoms with Crippen molar-refractivity contribution < 1.29 is 22.9 Å². The van der Waals surface area contributed by atoms with Crippen LogP contribution in [-0.2, 0) is 22.4 Å². The van der Waals surface area contributed by atoms with Crippen LogP contribution >= 0.6 is 0 Å². The topological polar surface area (TPSA) is 88.3 Å². The summed E-state index contributed by atoms with van der Waals surface area (Å²) < 4.78 is 32.7. The summed E-state index contributed by atoms with van der Waals surface area (Å²) in [4.78, 5) is 31.1. The molecular weight excluding hydrogens is 454 g/mol. The summed E-state index contributed by atoms with van der Waals surface area (Å²) in [7, 11) is 0. The fourth-order valence-electron chi connectivity index (χ4n) is 4.13. The van der Waals surface area contributed by atoms with Crippen molar-refractivity contribution in [1.29, 1.82) is 0 Å². The van der Waals surface area contributed by atoms with E-state index in [9.17, 15) is 18.4 Å². The number of carbonyl (C=O) groups is 2. The van der Waals surface area contributed by atoms with Gasteiger partial charge in [-0.05, 0) is 49.4 Å². The zero-order valence-electron chi connectivity index (χ0n) is 19.6. The fourth-order valence-corrected chi connectivity index (χ4v) is 4.13. The van der Waals surface area contributed by atoms with Crippen LogP contribution in [0.2, 0.25) is 0 Å². The lowest BCUT2D eigenvalue weighted by atomic mass is 9.95. The standard InChI is InChI=1S/C26H28F2N4O3/c1-17-6-7-20(16-22(17)28)25-30-23(35-31-25)8-9-24(33)32-14-11-19(12-15-32)26(34)29-13-10-18-4-2-3-5-21(18)27/h2-7,16,19H,8-15H2,1H3,(H,29,34). The number of benzene rings is 2. The summed E-state index contributed by atoms with van der Waals surface area (Å²) in [6.45, 7) is 3.06. The van der Waals surface area contributed by atoms with Gasteiger partial charge in [0.1, 0.15) is 11.6 Å². The van der Waals surface area contributed by atoms with Gasteiger partial charge < -0.3 is 14.7 Å². The summed E-state index contributed by atoms with van der Waals surface area (Å²) >= 11 is 0. The van der Waals surface area contributed by atoms with Crippen LogP contribution in [0.15, 0.2) is 47.0 Å². The van der Waals surface area contributed by atoms with Gasteiger partial charge >= 0.3 is 0 Å². The summed E-state index contributed by atoms with van der Waals surface area (Å²) in [6, 6.07) is 11.3. The van der Waals surface area contributed by atoms with Crippen molar-refractivity contribution in [2.24, 2.45) is 5.92 Å². The van der Waals surface area contributed by atoms with E-state index in [1.165, 1.54) is 12.1 Å². The van der Waals surface area contributed by atoms with Crippen LogP contribution in [0.4, 0.5) is 8.78 Å². The molecule has 0 saturated carbocycles. The number of amides is 2. The Morgan fingerprint density at radius 1 is 1.09 bits per heavy atom. The van der Waals surface area contributed by atoms with Gasteiger partial charge in [-0.25, -0.2) is 8.78 Å². The molecule has 1 saturated heterocycles. The molecule has 1 aromatic heterocycles. The van der Waals surface area contributed by atoms with Crippen LogP contribution in [0.3, 0.4) is 0 Å². The van der Waals surface area contributed by atoms with Crippen LogP contribution in [-0.4, -0.2) is 46.5 Å². The van der Waals surface area contributed by atoms with E-state index in [4.69, 9.17) is 4.52 Å². The molecule has 0 unspecified atom stereocenters. The minimum atomic E-state index is -0.341. The molecule has 0 bridgehead atoms. The molecule has 4 rings (SSSR count). The second-order valence-corrected chi connectivity index (χ2v) is 8.76. The number of hydrogen-bond acceptors (Lipinski definition) is 5. The highest BCUT2D eigenvalue weighted by Gasteiger charge is 2.27. The normalized spacial score (nSPS) is 14.2. The highest BCUT2D eigenvalue weighted by Crippen LogP contribution is 2.21. The molecule has 3 aromatic rings. The van der Waals surface area contributed by atoms with Gasteiger partial charge in [0.2, 0.25) is 23.5 Å². The average Bonchev–Trinajstić information content (AvgIpc) is 3.34. The van der Waals surface area contributed by atoms with Crippen molar-refractivity contribution in [1.82, 2.24) is 20.4 Å². The van der Waals surface area contributed by atoms with Crippen LogP contribution in [0.1, 0.15) is 36.3 Å². The van der Waals surface area contributed by atoms with Crippen LogP contribution in [0.5, 0.6) is 0 Å². The Balaban J connectivity index is 1.19. The molecule has 9 heteroatoms. The highest BCUT2D eigenvalue weighted by atomic mass is 19.1. The van der Waals surface area contributed by atoms with Gasteiger partial charge in [0.15, 0.2) is 0 Å². The Morgan fingerprint density at radius 2 is 1.86 bits per heavy atom. The van der Waals surface area contributed by atoms with E-state index < -0.39 is 0 Å². The lowest BCUT2D eigenvalue weighted by Crippen LogP contribution is -2.43. The smallest absolute Gasteiger partial charge is 0.227 e. The zero-order valence-corrected chi connectivity index (χ0v) is 19.6. The number of nitrogens with one attached hydrogen (secondary N) is 1. The molecule has 184 valence electrons.